The van der Waals surface area contributed by atoms with Gasteiger partial charge in [-0.3, -0.25) is 0 Å². The molecule has 32 heavy (non-hydrogen) atoms. The number of ether oxygens (including phenoxy) is 1. The van der Waals surface area contributed by atoms with E-state index >= 15 is 0 Å². The summed E-state index contributed by atoms with van der Waals surface area (Å²) in [6, 6.07) is 3.84. The summed E-state index contributed by atoms with van der Waals surface area (Å²) in [7, 11) is 2.09. The standard InChI is InChI=1S/C28H37FN2O/c1-16(2)31(10)15-17(3)14-28(23-11-12-25(29)20(6)19(23)5)24-13-18(4)27(30-9)21(7)26(24)22(8)32-28/h11-13,16-17,22H,14-15H2,1-8,10H3/t17?,22?,28-/m0/s1/i13D,22D. The zero-order valence-corrected chi connectivity index (χ0v) is 20.9. The fourth-order valence-electron chi connectivity index (χ4n) is 5.10. The van der Waals surface area contributed by atoms with Crippen molar-refractivity contribution in [3.8, 4) is 0 Å². The van der Waals surface area contributed by atoms with Crippen LogP contribution in [0.2, 0.25) is 0 Å². The number of rotatable bonds is 6. The number of nitrogens with zero attached hydrogens (tertiary/aromatic N) is 2. The molecule has 0 fully saturated rings. The second kappa shape index (κ2) is 8.96. The lowest BCUT2D eigenvalue weighted by atomic mass is 9.75. The first-order valence-electron chi connectivity index (χ1n) is 12.4. The van der Waals surface area contributed by atoms with Gasteiger partial charge in [-0.15, -0.1) is 0 Å². The highest BCUT2D eigenvalue weighted by Crippen LogP contribution is 2.54. The molecule has 0 bridgehead atoms. The van der Waals surface area contributed by atoms with E-state index in [0.717, 1.165) is 17.7 Å². The molecule has 172 valence electrons. The fraction of sp³-hybridized carbons (Fsp3) is 0.536. The molecule has 2 unspecified atom stereocenters. The van der Waals surface area contributed by atoms with Gasteiger partial charge in [0.1, 0.15) is 11.4 Å². The molecule has 0 saturated carbocycles. The van der Waals surface area contributed by atoms with Crippen LogP contribution in [0, 0.1) is 46.0 Å². The summed E-state index contributed by atoms with van der Waals surface area (Å²) >= 11 is 0. The number of fused-ring (bicyclic) bond motifs is 1. The highest BCUT2D eigenvalue weighted by molar-refractivity contribution is 5.66. The van der Waals surface area contributed by atoms with Gasteiger partial charge in [0.15, 0.2) is 5.69 Å². The van der Waals surface area contributed by atoms with Crippen LogP contribution in [0.4, 0.5) is 10.1 Å². The predicted octanol–water partition coefficient (Wildman–Crippen LogP) is 7.31. The summed E-state index contributed by atoms with van der Waals surface area (Å²) in [4.78, 5) is 5.97. The minimum atomic E-state index is -1.44. The Labute approximate surface area is 196 Å². The lowest BCUT2D eigenvalue weighted by Crippen LogP contribution is -2.36. The van der Waals surface area contributed by atoms with Gasteiger partial charge in [0, 0.05) is 12.6 Å². The van der Waals surface area contributed by atoms with Crippen molar-refractivity contribution in [3.63, 3.8) is 0 Å². The van der Waals surface area contributed by atoms with E-state index in [0.29, 0.717) is 46.0 Å². The van der Waals surface area contributed by atoms with Crippen molar-refractivity contribution in [1.29, 1.82) is 0 Å². The smallest absolute Gasteiger partial charge is 0.193 e. The van der Waals surface area contributed by atoms with Crippen LogP contribution in [0.25, 0.3) is 4.85 Å². The molecule has 3 nitrogen and oxygen atoms in total. The van der Waals surface area contributed by atoms with E-state index in [2.05, 4.69) is 37.6 Å². The van der Waals surface area contributed by atoms with Crippen LogP contribution in [-0.2, 0) is 10.3 Å². The van der Waals surface area contributed by atoms with E-state index in [4.69, 9.17) is 12.7 Å². The number of hydrogen-bond acceptors (Lipinski definition) is 2. The van der Waals surface area contributed by atoms with Crippen molar-refractivity contribution in [2.75, 3.05) is 13.6 Å². The molecule has 1 heterocycles. The highest BCUT2D eigenvalue weighted by atomic mass is 19.1. The molecular formula is C28H37FN2O. The molecule has 0 saturated heterocycles. The molecule has 3 atom stereocenters. The summed E-state index contributed by atoms with van der Waals surface area (Å²) in [5.74, 6) is -0.114. The third-order valence-corrected chi connectivity index (χ3v) is 7.12. The summed E-state index contributed by atoms with van der Waals surface area (Å²) in [5, 5.41) is 0. The molecular weight excluding hydrogens is 399 g/mol. The Kier molecular flexibility index (Phi) is 6.05. The molecule has 0 aliphatic carbocycles. The average molecular weight is 439 g/mol. The van der Waals surface area contributed by atoms with Crippen molar-refractivity contribution in [1.82, 2.24) is 4.90 Å². The summed E-state index contributed by atoms with van der Waals surface area (Å²) < 4.78 is 39.5. The Balaban J connectivity index is 2.38. The second-order valence-electron chi connectivity index (χ2n) is 9.76. The van der Waals surface area contributed by atoms with Gasteiger partial charge in [-0.25, -0.2) is 9.24 Å². The average Bonchev–Trinajstić information content (AvgIpc) is 2.97. The van der Waals surface area contributed by atoms with Gasteiger partial charge in [-0.05, 0) is 113 Å². The first kappa shape index (κ1) is 21.6. The van der Waals surface area contributed by atoms with Gasteiger partial charge in [0.25, 0.3) is 0 Å². The van der Waals surface area contributed by atoms with Crippen LogP contribution < -0.4 is 0 Å². The van der Waals surface area contributed by atoms with E-state index in [1.54, 1.807) is 26.8 Å². The van der Waals surface area contributed by atoms with Crippen LogP contribution in [0.5, 0.6) is 0 Å². The van der Waals surface area contributed by atoms with Crippen molar-refractivity contribution in [3.05, 3.63) is 74.4 Å². The molecule has 0 aromatic heterocycles. The molecule has 0 N–H and O–H groups in total. The zero-order valence-electron chi connectivity index (χ0n) is 22.9. The highest BCUT2D eigenvalue weighted by Gasteiger charge is 2.48. The van der Waals surface area contributed by atoms with Gasteiger partial charge in [0.05, 0.1) is 15.4 Å². The molecule has 4 heteroatoms. The quantitative estimate of drug-likeness (QED) is 0.440. The Bertz CT molecular complexity index is 1170. The van der Waals surface area contributed by atoms with Crippen molar-refractivity contribution >= 4 is 5.69 Å². The lowest BCUT2D eigenvalue weighted by molar-refractivity contribution is -0.0568. The van der Waals surface area contributed by atoms with Crippen LogP contribution in [0.15, 0.2) is 18.2 Å². The Morgan fingerprint density at radius 1 is 1.19 bits per heavy atom. The van der Waals surface area contributed by atoms with E-state index in [1.807, 2.05) is 13.8 Å². The lowest BCUT2D eigenvalue weighted by Gasteiger charge is -2.37. The van der Waals surface area contributed by atoms with E-state index in [1.165, 1.54) is 6.07 Å². The van der Waals surface area contributed by atoms with Crippen molar-refractivity contribution < 1.29 is 11.9 Å². The maximum Gasteiger partial charge on any atom is 0.193 e. The normalized spacial score (nSPS) is 24.3. The maximum absolute atomic E-state index is 14.5. The van der Waals surface area contributed by atoms with Crippen LogP contribution in [-0.4, -0.2) is 24.5 Å². The van der Waals surface area contributed by atoms with Gasteiger partial charge in [-0.2, -0.15) is 0 Å². The van der Waals surface area contributed by atoms with E-state index in [-0.39, 0.29) is 17.8 Å². The molecule has 0 spiro atoms. The van der Waals surface area contributed by atoms with Gasteiger partial charge in [0.2, 0.25) is 0 Å². The van der Waals surface area contributed by atoms with E-state index < -0.39 is 11.7 Å². The number of halogens is 1. The summed E-state index contributed by atoms with van der Waals surface area (Å²) in [6.07, 6.45) is -0.902. The number of benzene rings is 2. The van der Waals surface area contributed by atoms with Crippen molar-refractivity contribution in [2.45, 2.75) is 79.5 Å². The summed E-state index contributed by atoms with van der Waals surface area (Å²) in [6.45, 7) is 24.0. The zero-order chi connectivity index (χ0) is 25.7. The first-order chi connectivity index (χ1) is 15.7. The molecule has 0 radical (unpaired) electrons. The fourth-order valence-corrected chi connectivity index (χ4v) is 5.10. The SMILES string of the molecule is [2H]c1c(C)c([N+]#[C-])c(C)c2c1[C@](CC(C)CN(C)C(C)C)(c1ccc(F)c(C)c1C)OC2([2H])C. The molecule has 2 aromatic carbocycles. The topological polar surface area (TPSA) is 16.8 Å². The summed E-state index contributed by atoms with van der Waals surface area (Å²) in [5.41, 5.74) is 4.00. The van der Waals surface area contributed by atoms with Gasteiger partial charge in [-0.1, -0.05) is 19.0 Å². The van der Waals surface area contributed by atoms with Gasteiger partial charge >= 0.3 is 0 Å². The first-order valence-corrected chi connectivity index (χ1v) is 11.4. The predicted molar refractivity (Wildman–Crippen MR) is 130 cm³/mol. The Morgan fingerprint density at radius 3 is 2.44 bits per heavy atom. The molecule has 0 amide bonds. The van der Waals surface area contributed by atoms with Crippen LogP contribution >= 0.6 is 0 Å². The Hall–Kier alpha value is -2.22. The monoisotopic (exact) mass is 438 g/mol. The Morgan fingerprint density at radius 2 is 1.84 bits per heavy atom. The van der Waals surface area contributed by atoms with Gasteiger partial charge < -0.3 is 9.64 Å². The van der Waals surface area contributed by atoms with Crippen LogP contribution in [0.1, 0.15) is 81.9 Å². The number of hydrogen-bond donors (Lipinski definition) is 0. The minimum absolute atomic E-state index is 0.166. The van der Waals surface area contributed by atoms with Crippen molar-refractivity contribution in [2.24, 2.45) is 5.92 Å². The third-order valence-electron chi connectivity index (χ3n) is 7.12. The van der Waals surface area contributed by atoms with E-state index in [9.17, 15) is 5.76 Å². The third kappa shape index (κ3) is 3.98. The van der Waals surface area contributed by atoms with Crippen LogP contribution in [0.3, 0.4) is 0 Å². The largest absolute Gasteiger partial charge is 0.358 e. The second-order valence-corrected chi connectivity index (χ2v) is 9.76. The molecule has 2 aromatic rings. The maximum atomic E-state index is 14.5. The molecule has 1 aliphatic rings. The minimum Gasteiger partial charge on any atom is -0.358 e. The molecule has 1 aliphatic heterocycles. The molecule has 3 rings (SSSR count).